The number of allylic oxidation sites excluding steroid dienone is 1. The van der Waals surface area contributed by atoms with Gasteiger partial charge in [-0.25, -0.2) is 11.6 Å². The highest BCUT2D eigenvalue weighted by atomic mass is 35.5. The van der Waals surface area contributed by atoms with E-state index in [0.29, 0.717) is 55.5 Å². The number of hydrogen-bond donors (Lipinski definition) is 1. The van der Waals surface area contributed by atoms with E-state index in [1.54, 1.807) is 49.4 Å². The fourth-order valence-corrected chi connectivity index (χ4v) is 5.17. The zero-order chi connectivity index (χ0) is 24.0. The third-order valence-electron chi connectivity index (χ3n) is 5.11. The van der Waals surface area contributed by atoms with E-state index in [2.05, 4.69) is 15.2 Å². The van der Waals surface area contributed by atoms with Gasteiger partial charge in [0.05, 0.1) is 31.0 Å². The fraction of sp³-hybridized carbons (Fsp3) is 0.292. The van der Waals surface area contributed by atoms with Crippen molar-refractivity contribution < 1.29 is 13.9 Å². The number of methoxy groups -OCH3 is 1. The smallest absolute Gasteiger partial charge is 0.282 e. The molecule has 2 aromatic carbocycles. The Morgan fingerprint density at radius 3 is 2.73 bits per heavy atom. The summed E-state index contributed by atoms with van der Waals surface area (Å²) in [4.78, 5) is 21.9. The Labute approximate surface area is 206 Å². The minimum absolute atomic E-state index is 0.334. The second-order valence-electron chi connectivity index (χ2n) is 7.21. The van der Waals surface area contributed by atoms with E-state index in [1.807, 2.05) is 0 Å². The standard InChI is InChI=1S/C24H22Cl2FN3O2S/c1-14-20(23(31)30-18-7-4-5-8-19(18)32-3)21(16-10-9-15(25)13-17(16)26)22(28-2)24(29-14)33-12-6-11-27/h4-5,7-10,13,21-22H,6,11-12H2,1,3H3,(H,30,31). The second-order valence-corrected chi connectivity index (χ2v) is 9.17. The molecule has 0 aromatic heterocycles. The molecule has 5 nitrogen and oxygen atoms in total. The predicted molar refractivity (Wildman–Crippen MR) is 134 cm³/mol. The third kappa shape index (κ3) is 5.70. The van der Waals surface area contributed by atoms with Gasteiger partial charge in [0.15, 0.2) is 5.04 Å². The molecule has 2 atom stereocenters. The molecule has 0 saturated heterocycles. The summed E-state index contributed by atoms with van der Waals surface area (Å²) in [6.07, 6.45) is 0.352. The maximum atomic E-state index is 13.5. The van der Waals surface area contributed by atoms with Crippen LogP contribution in [0, 0.1) is 6.57 Å². The lowest BCUT2D eigenvalue weighted by Gasteiger charge is -2.28. The molecule has 1 heterocycles. The van der Waals surface area contributed by atoms with E-state index in [4.69, 9.17) is 34.5 Å². The molecular formula is C24H22Cl2FN3O2S. The molecule has 0 saturated carbocycles. The molecule has 2 aromatic rings. The number of para-hydroxylation sites is 2. The monoisotopic (exact) mass is 505 g/mol. The Morgan fingerprint density at radius 1 is 1.30 bits per heavy atom. The van der Waals surface area contributed by atoms with Crippen molar-refractivity contribution in [2.24, 2.45) is 4.99 Å². The number of halogens is 3. The van der Waals surface area contributed by atoms with Crippen LogP contribution in [0.3, 0.4) is 0 Å². The molecular weight excluding hydrogens is 484 g/mol. The highest BCUT2D eigenvalue weighted by molar-refractivity contribution is 8.14. The minimum Gasteiger partial charge on any atom is -0.495 e. The molecule has 0 spiro atoms. The summed E-state index contributed by atoms with van der Waals surface area (Å²) >= 11 is 14.0. The van der Waals surface area contributed by atoms with Crippen LogP contribution in [0.15, 0.2) is 58.7 Å². The summed E-state index contributed by atoms with van der Waals surface area (Å²) in [5.41, 5.74) is 1.91. The van der Waals surface area contributed by atoms with E-state index < -0.39 is 24.5 Å². The number of carbonyl (C=O) groups is 1. The van der Waals surface area contributed by atoms with Crippen molar-refractivity contribution in [1.82, 2.24) is 0 Å². The molecule has 1 amide bonds. The maximum absolute atomic E-state index is 13.5. The van der Waals surface area contributed by atoms with Gasteiger partial charge in [-0.3, -0.25) is 9.18 Å². The van der Waals surface area contributed by atoms with Crippen LogP contribution < -0.4 is 10.1 Å². The van der Waals surface area contributed by atoms with Gasteiger partial charge in [0.1, 0.15) is 5.75 Å². The SMILES string of the molecule is [C-]#[N+]C1C(SCCCF)=NC(C)=C(C(=O)Nc2ccccc2OC)C1c1ccc(Cl)cc1Cl. The summed E-state index contributed by atoms with van der Waals surface area (Å²) in [6.45, 7) is 9.17. The van der Waals surface area contributed by atoms with Gasteiger partial charge in [-0.2, -0.15) is 0 Å². The van der Waals surface area contributed by atoms with Gasteiger partial charge in [-0.15, -0.1) is 11.8 Å². The summed E-state index contributed by atoms with van der Waals surface area (Å²) in [5, 5.41) is 4.23. The van der Waals surface area contributed by atoms with E-state index in [0.717, 1.165) is 0 Å². The van der Waals surface area contributed by atoms with E-state index in [-0.39, 0.29) is 0 Å². The molecule has 3 rings (SSSR count). The van der Waals surface area contributed by atoms with E-state index >= 15 is 0 Å². The van der Waals surface area contributed by atoms with Crippen LogP contribution in [-0.4, -0.2) is 36.5 Å². The van der Waals surface area contributed by atoms with Crippen molar-refractivity contribution in [3.63, 3.8) is 0 Å². The molecule has 0 aliphatic carbocycles. The number of carbonyl (C=O) groups excluding carboxylic acids is 1. The van der Waals surface area contributed by atoms with Crippen molar-refractivity contribution in [3.8, 4) is 5.75 Å². The number of aliphatic imine (C=N–C) groups is 1. The van der Waals surface area contributed by atoms with Crippen LogP contribution in [-0.2, 0) is 4.79 Å². The van der Waals surface area contributed by atoms with Crippen molar-refractivity contribution in [2.75, 3.05) is 24.9 Å². The largest absolute Gasteiger partial charge is 0.495 e. The van der Waals surface area contributed by atoms with Crippen LogP contribution in [0.4, 0.5) is 10.1 Å². The molecule has 0 radical (unpaired) electrons. The summed E-state index contributed by atoms with van der Waals surface area (Å²) < 4.78 is 18.0. The maximum Gasteiger partial charge on any atom is 0.282 e. The normalized spacial score (nSPS) is 17.9. The molecule has 1 N–H and O–H groups in total. The third-order valence-corrected chi connectivity index (χ3v) is 6.80. The van der Waals surface area contributed by atoms with Crippen molar-refractivity contribution in [2.45, 2.75) is 25.3 Å². The number of nitrogens with zero attached hydrogens (tertiary/aromatic N) is 2. The Balaban J connectivity index is 2.10. The highest BCUT2D eigenvalue weighted by Crippen LogP contribution is 2.43. The average molecular weight is 506 g/mol. The van der Waals surface area contributed by atoms with Gasteiger partial charge in [0.25, 0.3) is 11.9 Å². The average Bonchev–Trinajstić information content (AvgIpc) is 2.79. The lowest BCUT2D eigenvalue weighted by Crippen LogP contribution is -2.34. The van der Waals surface area contributed by atoms with Gasteiger partial charge >= 0.3 is 0 Å². The lowest BCUT2D eigenvalue weighted by atomic mass is 9.82. The number of rotatable bonds is 7. The van der Waals surface area contributed by atoms with Crippen LogP contribution in [0.1, 0.15) is 24.8 Å². The number of ether oxygens (including phenoxy) is 1. The Hall–Kier alpha value is -2.53. The van der Waals surface area contributed by atoms with Gasteiger partial charge in [-0.1, -0.05) is 41.4 Å². The number of nitrogens with one attached hydrogen (secondary N) is 1. The summed E-state index contributed by atoms with van der Waals surface area (Å²) in [6, 6.07) is 11.3. The van der Waals surface area contributed by atoms with Gasteiger partial charge in [0, 0.05) is 21.5 Å². The number of benzene rings is 2. The van der Waals surface area contributed by atoms with Crippen molar-refractivity contribution in [1.29, 1.82) is 0 Å². The molecule has 1 aliphatic heterocycles. The summed E-state index contributed by atoms with van der Waals surface area (Å²) in [5.74, 6) is -0.0856. The van der Waals surface area contributed by atoms with Gasteiger partial charge < -0.3 is 14.9 Å². The van der Waals surface area contributed by atoms with Crippen molar-refractivity contribution >= 4 is 51.6 Å². The quantitative estimate of drug-likeness (QED) is 0.332. The zero-order valence-electron chi connectivity index (χ0n) is 18.1. The fourth-order valence-electron chi connectivity index (χ4n) is 3.62. The second kappa shape index (κ2) is 11.6. The Bertz CT molecular complexity index is 1150. The first kappa shape index (κ1) is 25.1. The van der Waals surface area contributed by atoms with E-state index in [1.165, 1.54) is 18.9 Å². The molecule has 0 bridgehead atoms. The van der Waals surface area contributed by atoms with E-state index in [9.17, 15) is 9.18 Å². The molecule has 172 valence electrons. The number of thioether (sulfide) groups is 1. The van der Waals surface area contributed by atoms with Gasteiger partial charge in [0.2, 0.25) is 0 Å². The number of anilines is 1. The lowest BCUT2D eigenvalue weighted by molar-refractivity contribution is -0.113. The van der Waals surface area contributed by atoms with Crippen LogP contribution in [0.2, 0.25) is 10.0 Å². The molecule has 33 heavy (non-hydrogen) atoms. The zero-order valence-corrected chi connectivity index (χ0v) is 20.4. The Kier molecular flexibility index (Phi) is 8.79. The summed E-state index contributed by atoms with van der Waals surface area (Å²) in [7, 11) is 1.52. The topological polar surface area (TPSA) is 55.0 Å². The minimum atomic E-state index is -0.782. The molecule has 1 aliphatic rings. The first-order valence-electron chi connectivity index (χ1n) is 10.1. The molecule has 0 fully saturated rings. The Morgan fingerprint density at radius 2 is 2.06 bits per heavy atom. The van der Waals surface area contributed by atoms with Gasteiger partial charge in [-0.05, 0) is 43.2 Å². The van der Waals surface area contributed by atoms with Crippen LogP contribution in [0.5, 0.6) is 5.75 Å². The van der Waals surface area contributed by atoms with Crippen LogP contribution >= 0.6 is 35.0 Å². The first-order chi connectivity index (χ1) is 15.9. The number of hydrogen-bond acceptors (Lipinski definition) is 4. The number of amides is 1. The van der Waals surface area contributed by atoms with Crippen LogP contribution in [0.25, 0.3) is 4.85 Å². The predicted octanol–water partition coefficient (Wildman–Crippen LogP) is 6.79. The molecule has 2 unspecified atom stereocenters. The number of alkyl halides is 1. The van der Waals surface area contributed by atoms with Crippen molar-refractivity contribution in [3.05, 3.63) is 80.8 Å². The highest BCUT2D eigenvalue weighted by Gasteiger charge is 2.44. The molecule has 9 heteroatoms. The first-order valence-corrected chi connectivity index (χ1v) is 11.9.